The molecule has 1 saturated carbocycles. The Balaban J connectivity index is 1.54. The van der Waals surface area contributed by atoms with Gasteiger partial charge in [-0.25, -0.2) is 9.97 Å². The molecule has 5 heteroatoms. The molecule has 3 rings (SSSR count). The Morgan fingerprint density at radius 1 is 1.33 bits per heavy atom. The molecule has 2 heterocycles. The Labute approximate surface area is 107 Å². The van der Waals surface area contributed by atoms with Gasteiger partial charge in [-0.3, -0.25) is 0 Å². The highest BCUT2D eigenvalue weighted by Gasteiger charge is 2.27. The smallest absolute Gasteiger partial charge is 0.136 e. The number of nitrogens with zero attached hydrogens (tertiary/aromatic N) is 2. The highest BCUT2D eigenvalue weighted by Crippen LogP contribution is 2.38. The molecule has 3 N–H and O–H groups in total. The van der Waals surface area contributed by atoms with Crippen LogP contribution in [-0.2, 0) is 4.74 Å². The molecule has 0 spiro atoms. The van der Waals surface area contributed by atoms with Crippen LogP contribution >= 0.6 is 0 Å². The molecule has 1 saturated heterocycles. The number of hydrogen-bond acceptors (Lipinski definition) is 5. The summed E-state index contributed by atoms with van der Waals surface area (Å²) in [6, 6.07) is 1.82. The Morgan fingerprint density at radius 3 is 2.94 bits per heavy atom. The van der Waals surface area contributed by atoms with Crippen LogP contribution in [0.2, 0.25) is 0 Å². The van der Waals surface area contributed by atoms with Gasteiger partial charge in [0.05, 0.1) is 0 Å². The van der Waals surface area contributed by atoms with Crippen LogP contribution in [-0.4, -0.2) is 29.7 Å². The van der Waals surface area contributed by atoms with Gasteiger partial charge in [0.1, 0.15) is 17.5 Å². The number of ether oxygens (including phenoxy) is 1. The van der Waals surface area contributed by atoms with Crippen LogP contribution in [0.1, 0.15) is 37.4 Å². The lowest BCUT2D eigenvalue weighted by Crippen LogP contribution is -2.11. The topological polar surface area (TPSA) is 73.1 Å². The lowest BCUT2D eigenvalue weighted by molar-refractivity contribution is 0.185. The molecular formula is C13H20N4O. The highest BCUT2D eigenvalue weighted by molar-refractivity contribution is 5.45. The summed E-state index contributed by atoms with van der Waals surface area (Å²) < 4.78 is 5.36. The maximum Gasteiger partial charge on any atom is 0.136 e. The minimum Gasteiger partial charge on any atom is -0.384 e. The van der Waals surface area contributed by atoms with Gasteiger partial charge in [-0.1, -0.05) is 0 Å². The molecule has 2 aliphatic rings. The lowest BCUT2D eigenvalue weighted by Gasteiger charge is -2.10. The number of nitrogens with one attached hydrogen (secondary N) is 1. The first kappa shape index (κ1) is 11.7. The second kappa shape index (κ2) is 5.10. The molecule has 1 aromatic rings. The predicted octanol–water partition coefficient (Wildman–Crippen LogP) is 1.77. The van der Waals surface area contributed by atoms with E-state index in [9.17, 15) is 0 Å². The number of aromatic nitrogens is 2. The third-order valence-corrected chi connectivity index (χ3v) is 3.59. The SMILES string of the molecule is Nc1cc(NCCC2CCOC2)nc(C2CC2)n1. The van der Waals surface area contributed by atoms with Crippen molar-refractivity contribution in [2.45, 2.75) is 31.6 Å². The van der Waals surface area contributed by atoms with Gasteiger partial charge < -0.3 is 15.8 Å². The van der Waals surface area contributed by atoms with Crippen molar-refractivity contribution in [3.63, 3.8) is 0 Å². The van der Waals surface area contributed by atoms with Crippen LogP contribution in [0.3, 0.4) is 0 Å². The third-order valence-electron chi connectivity index (χ3n) is 3.59. The van der Waals surface area contributed by atoms with Gasteiger partial charge >= 0.3 is 0 Å². The summed E-state index contributed by atoms with van der Waals surface area (Å²) in [6.45, 7) is 2.74. The van der Waals surface area contributed by atoms with Crippen LogP contribution in [0.4, 0.5) is 11.6 Å². The minimum absolute atomic E-state index is 0.539. The van der Waals surface area contributed by atoms with E-state index >= 15 is 0 Å². The maximum absolute atomic E-state index is 5.81. The fraction of sp³-hybridized carbons (Fsp3) is 0.692. The molecule has 1 aromatic heterocycles. The summed E-state index contributed by atoms with van der Waals surface area (Å²) in [5, 5.41) is 3.35. The van der Waals surface area contributed by atoms with Crippen LogP contribution < -0.4 is 11.1 Å². The van der Waals surface area contributed by atoms with Crippen LogP contribution in [0.5, 0.6) is 0 Å². The van der Waals surface area contributed by atoms with Gasteiger partial charge in [0.25, 0.3) is 0 Å². The van der Waals surface area contributed by atoms with Gasteiger partial charge in [-0.05, 0) is 31.6 Å². The van der Waals surface area contributed by atoms with E-state index in [-0.39, 0.29) is 0 Å². The minimum atomic E-state index is 0.539. The van der Waals surface area contributed by atoms with Gasteiger partial charge in [-0.2, -0.15) is 0 Å². The molecule has 18 heavy (non-hydrogen) atoms. The zero-order valence-corrected chi connectivity index (χ0v) is 10.6. The molecule has 1 aliphatic heterocycles. The van der Waals surface area contributed by atoms with Crippen molar-refractivity contribution in [2.24, 2.45) is 5.92 Å². The molecule has 1 atom stereocenters. The van der Waals surface area contributed by atoms with E-state index in [1.54, 1.807) is 0 Å². The Hall–Kier alpha value is -1.36. The van der Waals surface area contributed by atoms with E-state index in [4.69, 9.17) is 10.5 Å². The summed E-state index contributed by atoms with van der Waals surface area (Å²) in [4.78, 5) is 8.81. The fourth-order valence-electron chi connectivity index (χ4n) is 2.32. The molecule has 5 nitrogen and oxygen atoms in total. The lowest BCUT2D eigenvalue weighted by atomic mass is 10.1. The van der Waals surface area contributed by atoms with Crippen LogP contribution in [0, 0.1) is 5.92 Å². The molecule has 0 bridgehead atoms. The average molecular weight is 248 g/mol. The van der Waals surface area contributed by atoms with E-state index in [0.29, 0.717) is 17.7 Å². The molecule has 1 unspecified atom stereocenters. The van der Waals surface area contributed by atoms with Crippen molar-refractivity contribution in [1.82, 2.24) is 9.97 Å². The van der Waals surface area contributed by atoms with Crippen LogP contribution in [0.15, 0.2) is 6.07 Å². The van der Waals surface area contributed by atoms with Gasteiger partial charge in [0, 0.05) is 31.7 Å². The van der Waals surface area contributed by atoms with Gasteiger partial charge in [-0.15, -0.1) is 0 Å². The average Bonchev–Trinajstić information content (AvgIpc) is 3.08. The second-order valence-electron chi connectivity index (χ2n) is 5.26. The zero-order valence-electron chi connectivity index (χ0n) is 10.6. The molecule has 1 aliphatic carbocycles. The summed E-state index contributed by atoms with van der Waals surface area (Å²) >= 11 is 0. The number of nitrogen functional groups attached to an aromatic ring is 1. The zero-order chi connectivity index (χ0) is 12.4. The van der Waals surface area contributed by atoms with E-state index in [1.165, 1.54) is 19.3 Å². The summed E-state index contributed by atoms with van der Waals surface area (Å²) in [5.74, 6) is 3.57. The van der Waals surface area contributed by atoms with E-state index in [2.05, 4.69) is 15.3 Å². The highest BCUT2D eigenvalue weighted by atomic mass is 16.5. The molecular weight excluding hydrogens is 228 g/mol. The largest absolute Gasteiger partial charge is 0.384 e. The third kappa shape index (κ3) is 2.90. The van der Waals surface area contributed by atoms with Crippen molar-refractivity contribution in [1.29, 1.82) is 0 Å². The van der Waals surface area contributed by atoms with Gasteiger partial charge in [0.15, 0.2) is 0 Å². The molecule has 98 valence electrons. The van der Waals surface area contributed by atoms with E-state index in [0.717, 1.165) is 37.8 Å². The summed E-state index contributed by atoms with van der Waals surface area (Å²) in [6.07, 6.45) is 4.70. The maximum atomic E-state index is 5.81. The second-order valence-corrected chi connectivity index (χ2v) is 5.26. The van der Waals surface area contributed by atoms with Crippen molar-refractivity contribution < 1.29 is 4.74 Å². The predicted molar refractivity (Wildman–Crippen MR) is 70.5 cm³/mol. The fourth-order valence-corrected chi connectivity index (χ4v) is 2.32. The van der Waals surface area contributed by atoms with Gasteiger partial charge in [0.2, 0.25) is 0 Å². The van der Waals surface area contributed by atoms with Crippen molar-refractivity contribution in [3.05, 3.63) is 11.9 Å². The Kier molecular flexibility index (Phi) is 3.32. The molecule has 0 amide bonds. The summed E-state index contributed by atoms with van der Waals surface area (Å²) in [5.41, 5.74) is 5.81. The van der Waals surface area contributed by atoms with Crippen molar-refractivity contribution >= 4 is 11.6 Å². The number of anilines is 2. The molecule has 0 aromatic carbocycles. The van der Waals surface area contributed by atoms with Crippen molar-refractivity contribution in [2.75, 3.05) is 30.8 Å². The number of nitrogens with two attached hydrogens (primary N) is 1. The first-order chi connectivity index (χ1) is 8.81. The van der Waals surface area contributed by atoms with E-state index < -0.39 is 0 Å². The number of hydrogen-bond donors (Lipinski definition) is 2. The normalized spacial score (nSPS) is 23.2. The van der Waals surface area contributed by atoms with E-state index in [1.807, 2.05) is 6.07 Å². The summed E-state index contributed by atoms with van der Waals surface area (Å²) in [7, 11) is 0. The van der Waals surface area contributed by atoms with Crippen molar-refractivity contribution in [3.8, 4) is 0 Å². The Bertz CT molecular complexity index is 413. The monoisotopic (exact) mass is 248 g/mol. The first-order valence-corrected chi connectivity index (χ1v) is 6.77. The number of rotatable bonds is 5. The first-order valence-electron chi connectivity index (χ1n) is 6.77. The molecule has 0 radical (unpaired) electrons. The standard InChI is InChI=1S/C13H20N4O/c14-11-7-12(17-13(16-11)10-1-2-10)15-5-3-9-4-6-18-8-9/h7,9-10H,1-6,8H2,(H3,14,15,16,17). The Morgan fingerprint density at radius 2 is 2.22 bits per heavy atom. The quantitative estimate of drug-likeness (QED) is 0.831. The molecule has 2 fully saturated rings. The van der Waals surface area contributed by atoms with Crippen LogP contribution in [0.25, 0.3) is 0 Å².